The van der Waals surface area contributed by atoms with Crippen LogP contribution in [0.5, 0.6) is 0 Å². The fourth-order valence-corrected chi connectivity index (χ4v) is 2.64. The van der Waals surface area contributed by atoms with Crippen LogP contribution in [0.3, 0.4) is 0 Å². The van der Waals surface area contributed by atoms with Crippen LogP contribution in [-0.4, -0.2) is 32.8 Å². The van der Waals surface area contributed by atoms with E-state index in [1.807, 2.05) is 31.2 Å². The molecular weight excluding hydrogens is 402 g/mol. The van der Waals surface area contributed by atoms with Crippen molar-refractivity contribution in [1.82, 2.24) is 15.1 Å². The van der Waals surface area contributed by atoms with Crippen LogP contribution in [0.15, 0.2) is 45.7 Å². The molecule has 1 heterocycles. The smallest absolute Gasteiger partial charge is 0.326 e. The number of carboxylic acids is 1. The maximum Gasteiger partial charge on any atom is 0.326 e. The molecule has 1 amide bonds. The molecule has 0 aliphatic carbocycles. The van der Waals surface area contributed by atoms with Crippen molar-refractivity contribution < 1.29 is 14.7 Å². The highest BCUT2D eigenvalue weighted by Crippen LogP contribution is 2.18. The van der Waals surface area contributed by atoms with Crippen molar-refractivity contribution in [2.45, 2.75) is 32.9 Å². The highest BCUT2D eigenvalue weighted by Gasteiger charge is 2.25. The fourth-order valence-electron chi connectivity index (χ4n) is 2.38. The fraction of sp³-hybridized carbons (Fsp3) is 0.333. The molecule has 0 aliphatic heterocycles. The van der Waals surface area contributed by atoms with Gasteiger partial charge in [-0.2, -0.15) is 5.10 Å². The predicted molar refractivity (Wildman–Crippen MR) is 101 cm³/mol. The first-order valence-corrected chi connectivity index (χ1v) is 8.97. The Balaban J connectivity index is 2.19. The number of benzene rings is 1. The van der Waals surface area contributed by atoms with Crippen molar-refractivity contribution >= 4 is 27.8 Å². The summed E-state index contributed by atoms with van der Waals surface area (Å²) in [5.41, 5.74) is 0.906. The maximum absolute atomic E-state index is 12.2. The molecule has 0 unspecified atom stereocenters. The highest BCUT2D eigenvalue weighted by molar-refractivity contribution is 9.10. The molecule has 7 nitrogen and oxygen atoms in total. The SMILES string of the molecule is CC[C@H](C)[C@@H](NC(=O)Cn1nc(-c2ccc(Br)cc2)ccc1=O)C(=O)O. The molecule has 2 rings (SSSR count). The summed E-state index contributed by atoms with van der Waals surface area (Å²) in [6.07, 6.45) is 0.606. The van der Waals surface area contributed by atoms with Crippen LogP contribution >= 0.6 is 15.9 Å². The molecule has 8 heteroatoms. The van der Waals surface area contributed by atoms with E-state index in [1.165, 1.54) is 6.07 Å². The van der Waals surface area contributed by atoms with Crippen molar-refractivity contribution in [3.8, 4) is 11.3 Å². The van der Waals surface area contributed by atoms with Crippen molar-refractivity contribution in [2.75, 3.05) is 0 Å². The number of nitrogens with one attached hydrogen (secondary N) is 1. The second kappa shape index (κ2) is 8.75. The zero-order chi connectivity index (χ0) is 19.3. The van der Waals surface area contributed by atoms with Crippen LogP contribution in [0.1, 0.15) is 20.3 Å². The van der Waals surface area contributed by atoms with E-state index in [9.17, 15) is 19.5 Å². The third kappa shape index (κ3) is 5.01. The summed E-state index contributed by atoms with van der Waals surface area (Å²) >= 11 is 3.35. The molecule has 0 spiro atoms. The highest BCUT2D eigenvalue weighted by atomic mass is 79.9. The van der Waals surface area contributed by atoms with Crippen molar-refractivity contribution in [3.05, 3.63) is 51.2 Å². The third-order valence-electron chi connectivity index (χ3n) is 4.10. The minimum Gasteiger partial charge on any atom is -0.480 e. The molecule has 1 aromatic heterocycles. The van der Waals surface area contributed by atoms with E-state index in [-0.39, 0.29) is 12.5 Å². The molecule has 0 radical (unpaired) electrons. The van der Waals surface area contributed by atoms with E-state index in [0.29, 0.717) is 12.1 Å². The van der Waals surface area contributed by atoms with Gasteiger partial charge in [0.2, 0.25) is 5.91 Å². The van der Waals surface area contributed by atoms with Crippen LogP contribution in [0, 0.1) is 5.92 Å². The summed E-state index contributed by atoms with van der Waals surface area (Å²) < 4.78 is 1.95. The van der Waals surface area contributed by atoms with Crippen LogP contribution < -0.4 is 10.9 Å². The van der Waals surface area contributed by atoms with E-state index in [0.717, 1.165) is 14.7 Å². The van der Waals surface area contributed by atoms with E-state index in [4.69, 9.17) is 0 Å². The first-order valence-electron chi connectivity index (χ1n) is 8.18. The van der Waals surface area contributed by atoms with Crippen LogP contribution in [0.2, 0.25) is 0 Å². The van der Waals surface area contributed by atoms with Gasteiger partial charge in [0, 0.05) is 16.1 Å². The topological polar surface area (TPSA) is 101 Å². The van der Waals surface area contributed by atoms with Crippen LogP contribution in [0.4, 0.5) is 0 Å². The lowest BCUT2D eigenvalue weighted by atomic mass is 9.99. The number of rotatable bonds is 7. The van der Waals surface area contributed by atoms with Crippen LogP contribution in [-0.2, 0) is 16.1 Å². The summed E-state index contributed by atoms with van der Waals surface area (Å²) in [5, 5.41) is 15.9. The minimum absolute atomic E-state index is 0.227. The van der Waals surface area contributed by atoms with Gasteiger partial charge in [0.15, 0.2) is 0 Å². The van der Waals surface area contributed by atoms with Gasteiger partial charge >= 0.3 is 5.97 Å². The van der Waals surface area contributed by atoms with Gasteiger partial charge in [-0.1, -0.05) is 48.3 Å². The summed E-state index contributed by atoms with van der Waals surface area (Å²) in [6, 6.07) is 9.29. The van der Waals surface area contributed by atoms with Gasteiger partial charge in [0.1, 0.15) is 12.6 Å². The van der Waals surface area contributed by atoms with Gasteiger partial charge in [-0.25, -0.2) is 9.48 Å². The van der Waals surface area contributed by atoms with Crippen LogP contribution in [0.25, 0.3) is 11.3 Å². The summed E-state index contributed by atoms with van der Waals surface area (Å²) in [6.45, 7) is 3.25. The molecule has 2 aromatic rings. The summed E-state index contributed by atoms with van der Waals surface area (Å²) in [7, 11) is 0. The number of nitrogens with zero attached hydrogens (tertiary/aromatic N) is 2. The quantitative estimate of drug-likeness (QED) is 0.713. The average molecular weight is 422 g/mol. The number of hydrogen-bond donors (Lipinski definition) is 2. The Morgan fingerprint density at radius 1 is 1.23 bits per heavy atom. The summed E-state index contributed by atoms with van der Waals surface area (Å²) in [4.78, 5) is 35.5. The monoisotopic (exact) mass is 421 g/mol. The molecule has 0 bridgehead atoms. The van der Waals surface area contributed by atoms with Crippen molar-refractivity contribution in [1.29, 1.82) is 0 Å². The third-order valence-corrected chi connectivity index (χ3v) is 4.62. The molecule has 0 saturated heterocycles. The zero-order valence-corrected chi connectivity index (χ0v) is 16.1. The Morgan fingerprint density at radius 2 is 1.88 bits per heavy atom. The number of carboxylic acid groups (broad SMARTS) is 1. The molecule has 1 aromatic carbocycles. The van der Waals surface area contributed by atoms with Gasteiger partial charge in [-0.15, -0.1) is 0 Å². The largest absolute Gasteiger partial charge is 0.480 e. The molecule has 138 valence electrons. The van der Waals surface area contributed by atoms with Gasteiger partial charge < -0.3 is 10.4 Å². The van der Waals surface area contributed by atoms with E-state index in [1.54, 1.807) is 13.0 Å². The lowest BCUT2D eigenvalue weighted by molar-refractivity contribution is -0.143. The maximum atomic E-state index is 12.2. The van der Waals surface area contributed by atoms with Gasteiger partial charge in [-0.3, -0.25) is 9.59 Å². The van der Waals surface area contributed by atoms with Gasteiger partial charge in [-0.05, 0) is 24.1 Å². The molecule has 0 saturated carbocycles. The number of amides is 1. The molecular formula is C18H20BrN3O4. The van der Waals surface area contributed by atoms with Crippen molar-refractivity contribution in [2.24, 2.45) is 5.92 Å². The standard InChI is InChI=1S/C18H20BrN3O4/c1-3-11(2)17(18(25)26)20-15(23)10-22-16(24)9-8-14(21-22)12-4-6-13(19)7-5-12/h4-9,11,17H,3,10H2,1-2H3,(H,20,23)(H,25,26)/t11-,17+/m0/s1. The average Bonchev–Trinajstić information content (AvgIpc) is 2.61. The first kappa shape index (κ1) is 19.8. The molecule has 26 heavy (non-hydrogen) atoms. The molecule has 2 N–H and O–H groups in total. The Morgan fingerprint density at radius 3 is 2.46 bits per heavy atom. The van der Waals surface area contributed by atoms with Crippen molar-refractivity contribution in [3.63, 3.8) is 0 Å². The number of aromatic nitrogens is 2. The molecule has 0 fully saturated rings. The van der Waals surface area contributed by atoms with Gasteiger partial charge in [0.25, 0.3) is 5.56 Å². The Kier molecular flexibility index (Phi) is 6.68. The minimum atomic E-state index is -1.10. The van der Waals surface area contributed by atoms with E-state index >= 15 is 0 Å². The number of hydrogen-bond acceptors (Lipinski definition) is 4. The normalized spacial score (nSPS) is 13.0. The Bertz CT molecular complexity index is 848. The second-order valence-electron chi connectivity index (χ2n) is 5.99. The number of aliphatic carboxylic acids is 1. The number of carbonyl (C=O) groups is 2. The van der Waals surface area contributed by atoms with E-state index < -0.39 is 23.5 Å². The Labute approximate surface area is 159 Å². The number of halogens is 1. The predicted octanol–water partition coefficient (Wildman–Crippen LogP) is 2.29. The zero-order valence-electron chi connectivity index (χ0n) is 14.5. The Hall–Kier alpha value is -2.48. The molecule has 0 aliphatic rings. The van der Waals surface area contributed by atoms with Gasteiger partial charge in [0.05, 0.1) is 5.69 Å². The molecule has 2 atom stereocenters. The lowest BCUT2D eigenvalue weighted by Gasteiger charge is -2.20. The number of carbonyl (C=O) groups excluding carboxylic acids is 1. The second-order valence-corrected chi connectivity index (χ2v) is 6.91. The lowest BCUT2D eigenvalue weighted by Crippen LogP contribution is -2.47. The van der Waals surface area contributed by atoms with E-state index in [2.05, 4.69) is 26.3 Å². The first-order chi connectivity index (χ1) is 12.3. The summed E-state index contributed by atoms with van der Waals surface area (Å²) in [5.74, 6) is -1.90.